The Kier molecular flexibility index (Phi) is 6.80. The largest absolute Gasteiger partial charge is 0.491 e. The van der Waals surface area contributed by atoms with E-state index < -0.39 is 0 Å². The van der Waals surface area contributed by atoms with Gasteiger partial charge < -0.3 is 14.4 Å². The van der Waals surface area contributed by atoms with Gasteiger partial charge in [0.05, 0.1) is 6.61 Å². The number of likely N-dealkylation sites (tertiary alicyclic amines) is 1. The molecule has 1 aliphatic carbocycles. The first-order chi connectivity index (χ1) is 13.0. The summed E-state index contributed by atoms with van der Waals surface area (Å²) in [6.45, 7) is 9.56. The molecule has 1 heterocycles. The Hall–Kier alpha value is -1.55. The maximum Gasteiger partial charge on any atom is 0.225 e. The maximum atomic E-state index is 13.0. The zero-order valence-corrected chi connectivity index (χ0v) is 17.5. The summed E-state index contributed by atoms with van der Waals surface area (Å²) >= 11 is 0. The highest BCUT2D eigenvalue weighted by molar-refractivity contribution is 5.79. The van der Waals surface area contributed by atoms with Crippen molar-refractivity contribution < 1.29 is 14.3 Å². The SMILES string of the molecule is COCCOc1cc(C)c2c(c1C)CC(C(C)C(=O)N1CCCCC1)CC2. The second kappa shape index (κ2) is 9.09. The monoisotopic (exact) mass is 373 g/mol. The second-order valence-corrected chi connectivity index (χ2v) is 8.29. The average Bonchev–Trinajstić information content (AvgIpc) is 2.71. The van der Waals surface area contributed by atoms with E-state index in [9.17, 15) is 4.79 Å². The third-order valence-electron chi connectivity index (χ3n) is 6.55. The van der Waals surface area contributed by atoms with Crippen molar-refractivity contribution in [3.8, 4) is 5.75 Å². The molecule has 4 heteroatoms. The number of rotatable bonds is 6. The number of ether oxygens (including phenoxy) is 2. The molecule has 0 aromatic heterocycles. The highest BCUT2D eigenvalue weighted by atomic mass is 16.5. The fraction of sp³-hybridized carbons (Fsp3) is 0.696. The van der Waals surface area contributed by atoms with Gasteiger partial charge in [0.2, 0.25) is 5.91 Å². The lowest BCUT2D eigenvalue weighted by molar-refractivity contribution is -0.137. The van der Waals surface area contributed by atoms with Gasteiger partial charge >= 0.3 is 0 Å². The lowest BCUT2D eigenvalue weighted by Crippen LogP contribution is -2.42. The summed E-state index contributed by atoms with van der Waals surface area (Å²) in [5.41, 5.74) is 5.45. The number of carbonyl (C=O) groups is 1. The standard InChI is InChI=1S/C23H35NO3/c1-16-14-22(27-13-12-26-4)18(3)21-15-19(8-9-20(16)21)17(2)23(25)24-10-6-5-7-11-24/h14,17,19H,5-13,15H2,1-4H3. The quantitative estimate of drug-likeness (QED) is 0.705. The van der Waals surface area contributed by atoms with Crippen LogP contribution in [0.15, 0.2) is 6.07 Å². The number of hydrogen-bond acceptors (Lipinski definition) is 3. The van der Waals surface area contributed by atoms with Gasteiger partial charge in [0.25, 0.3) is 0 Å². The van der Waals surface area contributed by atoms with E-state index in [1.165, 1.54) is 28.7 Å². The van der Waals surface area contributed by atoms with Gasteiger partial charge in [-0.1, -0.05) is 6.92 Å². The molecule has 0 spiro atoms. The molecular weight excluding hydrogens is 338 g/mol. The van der Waals surface area contributed by atoms with Gasteiger partial charge in [-0.3, -0.25) is 4.79 Å². The minimum Gasteiger partial charge on any atom is -0.491 e. The molecule has 2 aliphatic rings. The predicted molar refractivity (Wildman–Crippen MR) is 108 cm³/mol. The fourth-order valence-electron chi connectivity index (χ4n) is 4.74. The van der Waals surface area contributed by atoms with Crippen molar-refractivity contribution in [2.45, 2.75) is 59.3 Å². The van der Waals surface area contributed by atoms with Crippen molar-refractivity contribution in [1.82, 2.24) is 4.90 Å². The van der Waals surface area contributed by atoms with E-state index >= 15 is 0 Å². The van der Waals surface area contributed by atoms with Crippen molar-refractivity contribution in [1.29, 1.82) is 0 Å². The normalized spacial score (nSPS) is 20.9. The minimum absolute atomic E-state index is 0.106. The van der Waals surface area contributed by atoms with E-state index in [1.807, 2.05) is 0 Å². The van der Waals surface area contributed by atoms with Gasteiger partial charge in [-0.2, -0.15) is 0 Å². The zero-order valence-electron chi connectivity index (χ0n) is 17.5. The molecule has 0 bridgehead atoms. The molecule has 1 aromatic carbocycles. The average molecular weight is 374 g/mol. The first kappa shape index (κ1) is 20.2. The van der Waals surface area contributed by atoms with Crippen LogP contribution in [0.4, 0.5) is 0 Å². The summed E-state index contributed by atoms with van der Waals surface area (Å²) in [7, 11) is 1.69. The molecule has 4 nitrogen and oxygen atoms in total. The molecule has 1 saturated heterocycles. The predicted octanol–water partition coefficient (Wildman–Crippen LogP) is 4.08. The van der Waals surface area contributed by atoms with Gasteiger partial charge in [-0.25, -0.2) is 0 Å². The van der Waals surface area contributed by atoms with Crippen LogP contribution in [0, 0.1) is 25.7 Å². The lowest BCUT2D eigenvalue weighted by Gasteiger charge is -2.35. The molecule has 2 atom stereocenters. The Balaban J connectivity index is 1.74. The fourth-order valence-corrected chi connectivity index (χ4v) is 4.74. The van der Waals surface area contributed by atoms with Crippen molar-refractivity contribution in [2.24, 2.45) is 11.8 Å². The van der Waals surface area contributed by atoms with Crippen LogP contribution >= 0.6 is 0 Å². The number of amides is 1. The smallest absolute Gasteiger partial charge is 0.225 e. The van der Waals surface area contributed by atoms with Crippen molar-refractivity contribution in [3.05, 3.63) is 28.3 Å². The van der Waals surface area contributed by atoms with Gasteiger partial charge in [0, 0.05) is 26.1 Å². The first-order valence-electron chi connectivity index (χ1n) is 10.6. The van der Waals surface area contributed by atoms with Gasteiger partial charge in [0.15, 0.2) is 0 Å². The zero-order chi connectivity index (χ0) is 19.4. The van der Waals surface area contributed by atoms with Crippen molar-refractivity contribution in [3.63, 3.8) is 0 Å². The lowest BCUT2D eigenvalue weighted by atomic mass is 9.74. The van der Waals surface area contributed by atoms with E-state index in [0.29, 0.717) is 25.0 Å². The minimum atomic E-state index is 0.106. The van der Waals surface area contributed by atoms with E-state index in [1.54, 1.807) is 7.11 Å². The summed E-state index contributed by atoms with van der Waals surface area (Å²) in [4.78, 5) is 15.1. The highest BCUT2D eigenvalue weighted by Gasteiger charge is 2.32. The van der Waals surface area contributed by atoms with Crippen LogP contribution in [0.2, 0.25) is 0 Å². The Labute approximate surface area is 164 Å². The molecule has 1 amide bonds. The summed E-state index contributed by atoms with van der Waals surface area (Å²) in [6, 6.07) is 2.17. The molecule has 27 heavy (non-hydrogen) atoms. The Morgan fingerprint density at radius 1 is 1.19 bits per heavy atom. The molecule has 0 radical (unpaired) electrons. The number of fused-ring (bicyclic) bond motifs is 1. The van der Waals surface area contributed by atoms with E-state index in [-0.39, 0.29) is 5.92 Å². The van der Waals surface area contributed by atoms with Crippen LogP contribution in [0.5, 0.6) is 5.75 Å². The molecule has 1 fully saturated rings. The molecule has 1 aliphatic heterocycles. The first-order valence-corrected chi connectivity index (χ1v) is 10.6. The van der Waals surface area contributed by atoms with Crippen LogP contribution in [-0.4, -0.2) is 44.2 Å². The van der Waals surface area contributed by atoms with E-state index in [2.05, 4.69) is 31.7 Å². The van der Waals surface area contributed by atoms with Crippen LogP contribution in [-0.2, 0) is 22.4 Å². The molecule has 3 rings (SSSR count). The number of methoxy groups -OCH3 is 1. The molecule has 0 saturated carbocycles. The Morgan fingerprint density at radius 3 is 2.63 bits per heavy atom. The number of hydrogen-bond donors (Lipinski definition) is 0. The molecule has 0 N–H and O–H groups in total. The Bertz CT molecular complexity index is 664. The maximum absolute atomic E-state index is 13.0. The third kappa shape index (κ3) is 4.48. The summed E-state index contributed by atoms with van der Waals surface area (Å²) < 4.78 is 11.1. The number of carbonyl (C=O) groups excluding carboxylic acids is 1. The molecule has 150 valence electrons. The third-order valence-corrected chi connectivity index (χ3v) is 6.55. The highest BCUT2D eigenvalue weighted by Crippen LogP contribution is 2.38. The second-order valence-electron chi connectivity index (χ2n) is 8.29. The van der Waals surface area contributed by atoms with Crippen LogP contribution in [0.25, 0.3) is 0 Å². The Morgan fingerprint density at radius 2 is 1.93 bits per heavy atom. The van der Waals surface area contributed by atoms with Crippen LogP contribution in [0.1, 0.15) is 54.9 Å². The topological polar surface area (TPSA) is 38.8 Å². The molecule has 1 aromatic rings. The molecule has 2 unspecified atom stereocenters. The number of benzene rings is 1. The van der Waals surface area contributed by atoms with Crippen LogP contribution < -0.4 is 4.74 Å². The van der Waals surface area contributed by atoms with Gasteiger partial charge in [0.1, 0.15) is 12.4 Å². The van der Waals surface area contributed by atoms with Crippen molar-refractivity contribution in [2.75, 3.05) is 33.4 Å². The van der Waals surface area contributed by atoms with Crippen molar-refractivity contribution >= 4 is 5.91 Å². The number of nitrogens with zero attached hydrogens (tertiary/aromatic N) is 1. The number of piperidine rings is 1. The summed E-state index contributed by atoms with van der Waals surface area (Å²) in [5.74, 6) is 1.87. The van der Waals surface area contributed by atoms with E-state index in [4.69, 9.17) is 9.47 Å². The van der Waals surface area contributed by atoms with Gasteiger partial charge in [-0.15, -0.1) is 0 Å². The summed E-state index contributed by atoms with van der Waals surface area (Å²) in [5, 5.41) is 0. The number of aryl methyl sites for hydroxylation is 1. The van der Waals surface area contributed by atoms with Crippen LogP contribution in [0.3, 0.4) is 0 Å². The molecular formula is C23H35NO3. The van der Waals surface area contributed by atoms with E-state index in [0.717, 1.165) is 50.9 Å². The van der Waals surface area contributed by atoms with Gasteiger partial charge in [-0.05, 0) is 86.6 Å². The summed E-state index contributed by atoms with van der Waals surface area (Å²) in [6.07, 6.45) is 6.75.